The van der Waals surface area contributed by atoms with Gasteiger partial charge in [-0.25, -0.2) is 0 Å². The van der Waals surface area contributed by atoms with Crippen molar-refractivity contribution in [2.24, 2.45) is 5.92 Å². The number of hydrogen-bond donors (Lipinski definition) is 1. The average molecular weight is 266 g/mol. The van der Waals surface area contributed by atoms with E-state index in [9.17, 15) is 9.59 Å². The number of nitrogens with one attached hydrogen (secondary N) is 1. The Morgan fingerprint density at radius 2 is 2.16 bits per heavy atom. The predicted molar refractivity (Wildman–Crippen MR) is 74.9 cm³/mol. The Labute approximate surface area is 115 Å². The Bertz CT molecular complexity index is 330. The quantitative estimate of drug-likeness (QED) is 0.824. The van der Waals surface area contributed by atoms with Gasteiger partial charge in [0.05, 0.1) is 0 Å². The molecule has 1 aliphatic heterocycles. The van der Waals surface area contributed by atoms with Crippen molar-refractivity contribution in [3.8, 4) is 0 Å². The lowest BCUT2D eigenvalue weighted by molar-refractivity contribution is -0.126. The summed E-state index contributed by atoms with van der Waals surface area (Å²) in [5.74, 6) is 0.828. The zero-order chi connectivity index (χ0) is 13.7. The van der Waals surface area contributed by atoms with Crippen LogP contribution >= 0.6 is 0 Å². The van der Waals surface area contributed by atoms with E-state index in [0.717, 1.165) is 38.8 Å². The van der Waals surface area contributed by atoms with Crippen LogP contribution in [0.15, 0.2) is 0 Å². The number of nitrogens with zero attached hydrogens (tertiary/aromatic N) is 1. The predicted octanol–water partition coefficient (Wildman–Crippen LogP) is 1.74. The van der Waals surface area contributed by atoms with Crippen LogP contribution in [0.25, 0.3) is 0 Å². The van der Waals surface area contributed by atoms with Crippen molar-refractivity contribution < 1.29 is 9.59 Å². The minimum Gasteiger partial charge on any atom is -0.356 e. The van der Waals surface area contributed by atoms with E-state index in [2.05, 4.69) is 10.2 Å². The third kappa shape index (κ3) is 3.78. The number of carbonyl (C=O) groups excluding carboxylic acids is 2. The first-order valence-corrected chi connectivity index (χ1v) is 7.76. The van der Waals surface area contributed by atoms with Crippen molar-refractivity contribution >= 4 is 11.7 Å². The van der Waals surface area contributed by atoms with Crippen molar-refractivity contribution in [2.75, 3.05) is 19.6 Å². The van der Waals surface area contributed by atoms with Crippen LogP contribution in [0.5, 0.6) is 0 Å². The van der Waals surface area contributed by atoms with Crippen LogP contribution in [-0.4, -0.2) is 42.3 Å². The molecule has 1 amide bonds. The number of carbonyl (C=O) groups is 2. The summed E-state index contributed by atoms with van der Waals surface area (Å²) >= 11 is 0. The first-order chi connectivity index (χ1) is 9.22. The van der Waals surface area contributed by atoms with Crippen molar-refractivity contribution in [3.63, 3.8) is 0 Å². The van der Waals surface area contributed by atoms with Gasteiger partial charge in [0, 0.05) is 37.9 Å². The Morgan fingerprint density at radius 1 is 1.32 bits per heavy atom. The molecule has 19 heavy (non-hydrogen) atoms. The molecule has 0 aromatic heterocycles. The van der Waals surface area contributed by atoms with Crippen LogP contribution in [0.1, 0.15) is 51.9 Å². The van der Waals surface area contributed by atoms with Crippen LogP contribution in [0.2, 0.25) is 0 Å². The third-order valence-corrected chi connectivity index (χ3v) is 4.48. The molecule has 2 rings (SSSR count). The van der Waals surface area contributed by atoms with Gasteiger partial charge < -0.3 is 5.32 Å². The molecule has 0 radical (unpaired) electrons. The molecule has 2 unspecified atom stereocenters. The summed E-state index contributed by atoms with van der Waals surface area (Å²) < 4.78 is 0. The molecule has 1 N–H and O–H groups in total. The summed E-state index contributed by atoms with van der Waals surface area (Å²) in [5, 5.41) is 2.84. The Morgan fingerprint density at radius 3 is 2.89 bits per heavy atom. The van der Waals surface area contributed by atoms with E-state index in [4.69, 9.17) is 0 Å². The molecule has 1 saturated carbocycles. The topological polar surface area (TPSA) is 49.4 Å². The first-order valence-electron chi connectivity index (χ1n) is 7.76. The molecule has 1 saturated heterocycles. The van der Waals surface area contributed by atoms with Crippen molar-refractivity contribution in [3.05, 3.63) is 0 Å². The molecule has 1 heterocycles. The van der Waals surface area contributed by atoms with Gasteiger partial charge in [0.2, 0.25) is 5.91 Å². The molecule has 108 valence electrons. The van der Waals surface area contributed by atoms with Gasteiger partial charge in [-0.1, -0.05) is 6.42 Å². The maximum Gasteiger partial charge on any atom is 0.221 e. The van der Waals surface area contributed by atoms with Gasteiger partial charge in [-0.05, 0) is 39.2 Å². The van der Waals surface area contributed by atoms with Gasteiger partial charge in [0.1, 0.15) is 5.78 Å². The number of ketones is 1. The van der Waals surface area contributed by atoms with E-state index >= 15 is 0 Å². The van der Waals surface area contributed by atoms with Gasteiger partial charge in [-0.3, -0.25) is 14.5 Å². The fourth-order valence-corrected chi connectivity index (χ4v) is 3.53. The second-order valence-electron chi connectivity index (χ2n) is 5.77. The summed E-state index contributed by atoms with van der Waals surface area (Å²) in [6.45, 7) is 4.49. The zero-order valence-corrected chi connectivity index (χ0v) is 12.0. The van der Waals surface area contributed by atoms with Crippen LogP contribution in [0, 0.1) is 5.92 Å². The van der Waals surface area contributed by atoms with Crippen LogP contribution < -0.4 is 5.32 Å². The fraction of sp³-hybridized carbons (Fsp3) is 0.867. The number of hydrogen-bond acceptors (Lipinski definition) is 3. The number of Topliss-reactive ketones (excluding diaryl/α,β-unsaturated/α-hetero) is 1. The second kappa shape index (κ2) is 7.04. The summed E-state index contributed by atoms with van der Waals surface area (Å²) in [6.07, 6.45) is 6.95. The highest BCUT2D eigenvalue weighted by atomic mass is 16.1. The number of rotatable bonds is 5. The first kappa shape index (κ1) is 14.5. The minimum atomic E-state index is 0.128. The van der Waals surface area contributed by atoms with E-state index in [1.807, 2.05) is 6.92 Å². The fourth-order valence-electron chi connectivity index (χ4n) is 3.53. The second-order valence-corrected chi connectivity index (χ2v) is 5.77. The maximum absolute atomic E-state index is 12.1. The zero-order valence-electron chi connectivity index (χ0n) is 12.0. The lowest BCUT2D eigenvalue weighted by Gasteiger charge is -2.32. The summed E-state index contributed by atoms with van der Waals surface area (Å²) in [6, 6.07) is 0.405. The monoisotopic (exact) mass is 266 g/mol. The molecule has 4 heteroatoms. The summed E-state index contributed by atoms with van der Waals surface area (Å²) in [5.41, 5.74) is 0. The van der Waals surface area contributed by atoms with Crippen LogP contribution in [0.4, 0.5) is 0 Å². The highest BCUT2D eigenvalue weighted by molar-refractivity contribution is 5.82. The maximum atomic E-state index is 12.1. The van der Waals surface area contributed by atoms with Crippen molar-refractivity contribution in [1.82, 2.24) is 10.2 Å². The van der Waals surface area contributed by atoms with Gasteiger partial charge in [0.25, 0.3) is 0 Å². The molecular formula is C15H26N2O2. The van der Waals surface area contributed by atoms with Gasteiger partial charge in [-0.2, -0.15) is 0 Å². The molecular weight excluding hydrogens is 240 g/mol. The molecule has 4 nitrogen and oxygen atoms in total. The Kier molecular flexibility index (Phi) is 5.37. The number of amides is 1. The summed E-state index contributed by atoms with van der Waals surface area (Å²) in [4.78, 5) is 26.0. The smallest absolute Gasteiger partial charge is 0.221 e. The SMILES string of the molecule is CCNC(=O)CCN1CCCC1C1CCCCC1=O. The Hall–Kier alpha value is -0.900. The van der Waals surface area contributed by atoms with E-state index in [1.165, 1.54) is 12.8 Å². The molecule has 0 aromatic carbocycles. The normalized spacial score (nSPS) is 28.6. The van der Waals surface area contributed by atoms with Gasteiger partial charge in [-0.15, -0.1) is 0 Å². The van der Waals surface area contributed by atoms with E-state index in [-0.39, 0.29) is 11.8 Å². The van der Waals surface area contributed by atoms with Gasteiger partial charge >= 0.3 is 0 Å². The molecule has 0 aromatic rings. The highest BCUT2D eigenvalue weighted by Crippen LogP contribution is 2.32. The molecule has 1 aliphatic carbocycles. The lowest BCUT2D eigenvalue weighted by atomic mass is 9.82. The third-order valence-electron chi connectivity index (χ3n) is 4.48. The summed E-state index contributed by atoms with van der Waals surface area (Å²) in [7, 11) is 0. The molecule has 2 fully saturated rings. The lowest BCUT2D eigenvalue weighted by Crippen LogP contribution is -2.42. The standard InChI is InChI=1S/C15H26N2O2/c1-2-16-15(19)9-11-17-10-5-7-13(17)12-6-3-4-8-14(12)18/h12-13H,2-11H2,1H3,(H,16,19). The van der Waals surface area contributed by atoms with Crippen LogP contribution in [-0.2, 0) is 9.59 Å². The minimum absolute atomic E-state index is 0.128. The highest BCUT2D eigenvalue weighted by Gasteiger charge is 2.36. The molecule has 0 bridgehead atoms. The molecule has 0 spiro atoms. The van der Waals surface area contributed by atoms with E-state index < -0.39 is 0 Å². The molecule has 2 aliphatic rings. The van der Waals surface area contributed by atoms with E-state index in [1.54, 1.807) is 0 Å². The Balaban J connectivity index is 1.85. The largest absolute Gasteiger partial charge is 0.356 e. The molecule has 2 atom stereocenters. The average Bonchev–Trinajstić information content (AvgIpc) is 2.85. The van der Waals surface area contributed by atoms with Gasteiger partial charge in [0.15, 0.2) is 0 Å². The van der Waals surface area contributed by atoms with Crippen molar-refractivity contribution in [1.29, 1.82) is 0 Å². The van der Waals surface area contributed by atoms with E-state index in [0.29, 0.717) is 24.8 Å². The van der Waals surface area contributed by atoms with Crippen molar-refractivity contribution in [2.45, 2.75) is 57.9 Å². The number of likely N-dealkylation sites (tertiary alicyclic amines) is 1. The van der Waals surface area contributed by atoms with Crippen LogP contribution in [0.3, 0.4) is 0 Å².